The lowest BCUT2D eigenvalue weighted by Crippen LogP contribution is -2.48. The third-order valence-corrected chi connectivity index (χ3v) is 6.51. The van der Waals surface area contributed by atoms with Gasteiger partial charge in [-0.15, -0.1) is 0 Å². The second kappa shape index (κ2) is 10.8. The first-order chi connectivity index (χ1) is 17.6. The second-order valence-electron chi connectivity index (χ2n) is 8.95. The largest absolute Gasteiger partial charge is 0.497 e. The molecule has 0 radical (unpaired) electrons. The number of anilines is 1. The molecule has 1 N–H and O–H groups in total. The monoisotopic (exact) mass is 483 g/mol. The maximum absolute atomic E-state index is 13.4. The molecule has 2 heterocycles. The Labute approximate surface area is 209 Å². The SMILES string of the molecule is COc1ccc(-c2c(NC(=O)CN3CCN(Cc4ccccc4)CC3)oc3ccccc3c2=O)cc1. The molecule has 1 fully saturated rings. The molecule has 184 valence electrons. The van der Waals surface area contributed by atoms with Crippen LogP contribution in [0.1, 0.15) is 5.56 Å². The zero-order chi connectivity index (χ0) is 24.9. The Morgan fingerprint density at radius 1 is 0.889 bits per heavy atom. The van der Waals surface area contributed by atoms with Gasteiger partial charge in [-0.25, -0.2) is 0 Å². The lowest BCUT2D eigenvalue weighted by molar-refractivity contribution is -0.117. The predicted molar refractivity (Wildman–Crippen MR) is 141 cm³/mol. The first kappa shape index (κ1) is 23.8. The van der Waals surface area contributed by atoms with Crippen LogP contribution < -0.4 is 15.5 Å². The summed E-state index contributed by atoms with van der Waals surface area (Å²) in [7, 11) is 1.59. The summed E-state index contributed by atoms with van der Waals surface area (Å²) in [4.78, 5) is 31.0. The highest BCUT2D eigenvalue weighted by atomic mass is 16.5. The van der Waals surface area contributed by atoms with E-state index in [1.807, 2.05) is 6.07 Å². The fourth-order valence-electron chi connectivity index (χ4n) is 4.57. The van der Waals surface area contributed by atoms with E-state index in [4.69, 9.17) is 9.15 Å². The van der Waals surface area contributed by atoms with E-state index in [0.29, 0.717) is 27.8 Å². The molecule has 1 saturated heterocycles. The molecule has 7 nitrogen and oxygen atoms in total. The Kier molecular flexibility index (Phi) is 7.11. The van der Waals surface area contributed by atoms with E-state index >= 15 is 0 Å². The number of methoxy groups -OCH3 is 1. The second-order valence-corrected chi connectivity index (χ2v) is 8.95. The van der Waals surface area contributed by atoms with Crippen molar-refractivity contribution in [2.75, 3.05) is 45.2 Å². The first-order valence-corrected chi connectivity index (χ1v) is 12.1. The maximum Gasteiger partial charge on any atom is 0.240 e. The smallest absolute Gasteiger partial charge is 0.240 e. The van der Waals surface area contributed by atoms with Crippen molar-refractivity contribution >= 4 is 22.8 Å². The summed E-state index contributed by atoms with van der Waals surface area (Å²) >= 11 is 0. The van der Waals surface area contributed by atoms with Crippen LogP contribution in [0.4, 0.5) is 5.88 Å². The Balaban J connectivity index is 1.31. The summed E-state index contributed by atoms with van der Waals surface area (Å²) in [6.07, 6.45) is 0. The summed E-state index contributed by atoms with van der Waals surface area (Å²) in [6.45, 7) is 4.53. The zero-order valence-corrected chi connectivity index (χ0v) is 20.3. The lowest BCUT2D eigenvalue weighted by atomic mass is 10.0. The molecule has 36 heavy (non-hydrogen) atoms. The number of amides is 1. The van der Waals surface area contributed by atoms with Crippen LogP contribution in [0.3, 0.4) is 0 Å². The maximum atomic E-state index is 13.4. The van der Waals surface area contributed by atoms with Crippen molar-refractivity contribution in [2.45, 2.75) is 6.54 Å². The molecular weight excluding hydrogens is 454 g/mol. The average molecular weight is 484 g/mol. The van der Waals surface area contributed by atoms with E-state index in [1.54, 1.807) is 55.6 Å². The standard InChI is InChI=1S/C29H29N3O4/c1-35-23-13-11-22(12-14-23)27-28(34)24-9-5-6-10-25(24)36-29(27)30-26(33)20-32-17-15-31(16-18-32)19-21-7-3-2-4-8-21/h2-14H,15-20H2,1H3,(H,30,33). The number of benzene rings is 3. The van der Waals surface area contributed by atoms with E-state index in [0.717, 1.165) is 32.7 Å². The van der Waals surface area contributed by atoms with Gasteiger partial charge in [0.05, 0.1) is 24.6 Å². The Morgan fingerprint density at radius 2 is 1.56 bits per heavy atom. The van der Waals surface area contributed by atoms with Crippen LogP contribution >= 0.6 is 0 Å². The van der Waals surface area contributed by atoms with Crippen molar-refractivity contribution < 1.29 is 13.9 Å². The molecule has 0 aliphatic carbocycles. The molecule has 0 saturated carbocycles. The van der Waals surface area contributed by atoms with Gasteiger partial charge in [0.2, 0.25) is 17.2 Å². The Bertz CT molecular complexity index is 1390. The van der Waals surface area contributed by atoms with Gasteiger partial charge < -0.3 is 9.15 Å². The molecule has 0 atom stereocenters. The van der Waals surface area contributed by atoms with E-state index in [2.05, 4.69) is 39.4 Å². The van der Waals surface area contributed by atoms with Gasteiger partial charge in [0.15, 0.2) is 0 Å². The highest BCUT2D eigenvalue weighted by molar-refractivity contribution is 5.97. The Morgan fingerprint density at radius 3 is 2.28 bits per heavy atom. The zero-order valence-electron chi connectivity index (χ0n) is 20.3. The van der Waals surface area contributed by atoms with Crippen molar-refractivity contribution in [3.05, 3.63) is 94.6 Å². The number of hydrogen-bond donors (Lipinski definition) is 1. The molecular formula is C29H29N3O4. The molecule has 1 aromatic heterocycles. The van der Waals surface area contributed by atoms with Crippen LogP contribution in [0.2, 0.25) is 0 Å². The first-order valence-electron chi connectivity index (χ1n) is 12.1. The molecule has 0 spiro atoms. The topological polar surface area (TPSA) is 75.0 Å². The Hall–Kier alpha value is -3.94. The number of piperazine rings is 1. The minimum atomic E-state index is -0.209. The van der Waals surface area contributed by atoms with Gasteiger partial charge in [-0.2, -0.15) is 0 Å². The number of nitrogens with one attached hydrogen (secondary N) is 1. The van der Waals surface area contributed by atoms with Crippen molar-refractivity contribution in [2.24, 2.45) is 0 Å². The summed E-state index contributed by atoms with van der Waals surface area (Å²) < 4.78 is 11.3. The van der Waals surface area contributed by atoms with Crippen LogP contribution in [0.15, 0.2) is 88.1 Å². The lowest BCUT2D eigenvalue weighted by Gasteiger charge is -2.34. The summed E-state index contributed by atoms with van der Waals surface area (Å²) in [6, 6.07) is 24.6. The number of para-hydroxylation sites is 1. The van der Waals surface area contributed by atoms with Gasteiger partial charge >= 0.3 is 0 Å². The number of rotatable bonds is 7. The van der Waals surface area contributed by atoms with Crippen LogP contribution in [0, 0.1) is 0 Å². The van der Waals surface area contributed by atoms with Gasteiger partial charge in [-0.1, -0.05) is 54.6 Å². The normalized spacial score (nSPS) is 14.6. The number of carbonyl (C=O) groups is 1. The molecule has 1 aliphatic rings. The highest BCUT2D eigenvalue weighted by Crippen LogP contribution is 2.30. The van der Waals surface area contributed by atoms with Gasteiger partial charge in [0.1, 0.15) is 11.3 Å². The van der Waals surface area contributed by atoms with E-state index in [9.17, 15) is 9.59 Å². The fourth-order valence-corrected chi connectivity index (χ4v) is 4.57. The number of ether oxygens (including phenoxy) is 1. The number of fused-ring (bicyclic) bond motifs is 1. The van der Waals surface area contributed by atoms with Gasteiger partial charge in [-0.3, -0.25) is 24.7 Å². The van der Waals surface area contributed by atoms with Gasteiger partial charge in [0.25, 0.3) is 0 Å². The van der Waals surface area contributed by atoms with Crippen LogP contribution in [-0.2, 0) is 11.3 Å². The fraction of sp³-hybridized carbons (Fsp3) is 0.241. The van der Waals surface area contributed by atoms with E-state index in [1.165, 1.54) is 5.56 Å². The molecule has 1 aliphatic heterocycles. The summed E-state index contributed by atoms with van der Waals surface area (Å²) in [5, 5.41) is 3.35. The minimum Gasteiger partial charge on any atom is -0.497 e. The molecule has 5 rings (SSSR count). The predicted octanol–water partition coefficient (Wildman–Crippen LogP) is 4.22. The number of hydrogen-bond acceptors (Lipinski definition) is 6. The van der Waals surface area contributed by atoms with Gasteiger partial charge in [0, 0.05) is 32.7 Å². The average Bonchev–Trinajstić information content (AvgIpc) is 2.91. The molecule has 7 heteroatoms. The summed E-state index contributed by atoms with van der Waals surface area (Å²) in [5.74, 6) is 0.636. The highest BCUT2D eigenvalue weighted by Gasteiger charge is 2.22. The van der Waals surface area contributed by atoms with Crippen molar-refractivity contribution in [1.29, 1.82) is 0 Å². The summed E-state index contributed by atoms with van der Waals surface area (Å²) in [5.41, 5.74) is 2.52. The van der Waals surface area contributed by atoms with Crippen molar-refractivity contribution in [3.8, 4) is 16.9 Å². The van der Waals surface area contributed by atoms with Crippen LogP contribution in [0.5, 0.6) is 5.75 Å². The molecule has 1 amide bonds. The van der Waals surface area contributed by atoms with Gasteiger partial charge in [-0.05, 0) is 35.4 Å². The van der Waals surface area contributed by atoms with Crippen LogP contribution in [-0.4, -0.2) is 55.5 Å². The third kappa shape index (κ3) is 5.32. The molecule has 4 aromatic rings. The van der Waals surface area contributed by atoms with Crippen molar-refractivity contribution in [1.82, 2.24) is 9.80 Å². The van der Waals surface area contributed by atoms with Crippen molar-refractivity contribution in [3.63, 3.8) is 0 Å². The van der Waals surface area contributed by atoms with E-state index in [-0.39, 0.29) is 23.8 Å². The molecule has 0 unspecified atom stereocenters. The third-order valence-electron chi connectivity index (χ3n) is 6.51. The number of carbonyl (C=O) groups excluding carboxylic acids is 1. The number of nitrogens with zero attached hydrogens (tertiary/aromatic N) is 2. The minimum absolute atomic E-state index is 0.164. The van der Waals surface area contributed by atoms with Crippen LogP contribution in [0.25, 0.3) is 22.1 Å². The van der Waals surface area contributed by atoms with E-state index < -0.39 is 0 Å². The molecule has 0 bridgehead atoms. The quantitative estimate of drug-likeness (QED) is 0.424. The molecule has 3 aromatic carbocycles.